The number of fused-ring (bicyclic) bond motifs is 1. The first-order chi connectivity index (χ1) is 9.60. The standard InChI is InChI=1S/C15H13N3O2/c1-3-9-4-5-10-12(8-9)18(2)17-14(10)11-6-7-13(19)16-15(11)20/h1,4-5,8,11H,6-7H2,2H3,(H,16,19,20). The molecule has 1 aliphatic rings. The average molecular weight is 267 g/mol. The normalized spacial score (nSPS) is 18.9. The third kappa shape index (κ3) is 1.86. The lowest BCUT2D eigenvalue weighted by atomic mass is 9.92. The number of nitrogens with zero attached hydrogens (tertiary/aromatic N) is 2. The van der Waals surface area contributed by atoms with Crippen LogP contribution in [0.2, 0.25) is 0 Å². The van der Waals surface area contributed by atoms with Crippen molar-refractivity contribution in [2.45, 2.75) is 18.8 Å². The van der Waals surface area contributed by atoms with Crippen LogP contribution in [-0.2, 0) is 16.6 Å². The summed E-state index contributed by atoms with van der Waals surface area (Å²) in [5.41, 5.74) is 2.37. The van der Waals surface area contributed by atoms with Crippen molar-refractivity contribution in [3.8, 4) is 12.3 Å². The summed E-state index contributed by atoms with van der Waals surface area (Å²) in [6, 6.07) is 5.59. The third-order valence-corrected chi connectivity index (χ3v) is 3.62. The first-order valence-electron chi connectivity index (χ1n) is 6.37. The molecule has 2 amide bonds. The predicted molar refractivity (Wildman–Crippen MR) is 73.8 cm³/mol. The van der Waals surface area contributed by atoms with Crippen molar-refractivity contribution >= 4 is 22.7 Å². The Kier molecular flexibility index (Phi) is 2.79. The van der Waals surface area contributed by atoms with Gasteiger partial charge in [-0.05, 0) is 24.6 Å². The highest BCUT2D eigenvalue weighted by Crippen LogP contribution is 2.30. The molecule has 1 atom stereocenters. The molecule has 1 aliphatic heterocycles. The third-order valence-electron chi connectivity index (χ3n) is 3.62. The van der Waals surface area contributed by atoms with Gasteiger partial charge in [0.15, 0.2) is 0 Å². The van der Waals surface area contributed by atoms with Crippen molar-refractivity contribution < 1.29 is 9.59 Å². The lowest BCUT2D eigenvalue weighted by Crippen LogP contribution is -2.39. The first-order valence-corrected chi connectivity index (χ1v) is 6.37. The Bertz CT molecular complexity index is 767. The van der Waals surface area contributed by atoms with E-state index < -0.39 is 0 Å². The maximum absolute atomic E-state index is 12.0. The Morgan fingerprint density at radius 2 is 2.25 bits per heavy atom. The molecule has 0 saturated carbocycles. The van der Waals surface area contributed by atoms with E-state index >= 15 is 0 Å². The van der Waals surface area contributed by atoms with E-state index in [1.165, 1.54) is 0 Å². The first kappa shape index (κ1) is 12.4. The molecule has 2 heterocycles. The lowest BCUT2D eigenvalue weighted by Gasteiger charge is -2.19. The van der Waals surface area contributed by atoms with E-state index in [4.69, 9.17) is 6.42 Å². The largest absolute Gasteiger partial charge is 0.296 e. The Balaban J connectivity index is 2.11. The maximum Gasteiger partial charge on any atom is 0.235 e. The summed E-state index contributed by atoms with van der Waals surface area (Å²) in [5.74, 6) is 1.71. The fraction of sp³-hybridized carbons (Fsp3) is 0.267. The van der Waals surface area contributed by atoms with Crippen molar-refractivity contribution in [1.29, 1.82) is 0 Å². The fourth-order valence-electron chi connectivity index (χ4n) is 2.59. The molecule has 20 heavy (non-hydrogen) atoms. The number of hydrogen-bond acceptors (Lipinski definition) is 3. The van der Waals surface area contributed by atoms with Gasteiger partial charge in [-0.15, -0.1) is 6.42 Å². The zero-order chi connectivity index (χ0) is 14.3. The summed E-state index contributed by atoms with van der Waals surface area (Å²) in [5, 5.41) is 7.71. The van der Waals surface area contributed by atoms with Crippen LogP contribution in [0.1, 0.15) is 30.0 Å². The Labute approximate surface area is 116 Å². The summed E-state index contributed by atoms with van der Waals surface area (Å²) in [6.45, 7) is 0. The summed E-state index contributed by atoms with van der Waals surface area (Å²) in [4.78, 5) is 23.2. The maximum atomic E-state index is 12.0. The van der Waals surface area contributed by atoms with Crippen molar-refractivity contribution in [2.24, 2.45) is 7.05 Å². The molecule has 1 N–H and O–H groups in total. The SMILES string of the molecule is C#Cc1ccc2c(C3CCC(=O)NC3=O)nn(C)c2c1. The highest BCUT2D eigenvalue weighted by Gasteiger charge is 2.31. The molecule has 0 aliphatic carbocycles. The van der Waals surface area contributed by atoms with Gasteiger partial charge in [-0.3, -0.25) is 19.6 Å². The number of carbonyl (C=O) groups excluding carboxylic acids is 2. The molecule has 100 valence electrons. The van der Waals surface area contributed by atoms with E-state index in [0.717, 1.165) is 16.5 Å². The van der Waals surface area contributed by atoms with E-state index in [0.29, 0.717) is 18.5 Å². The molecule has 2 aromatic rings. The number of aryl methyl sites for hydroxylation is 1. The van der Waals surface area contributed by atoms with Gasteiger partial charge in [0.2, 0.25) is 11.8 Å². The number of terminal acetylenes is 1. The molecule has 1 unspecified atom stereocenters. The minimum Gasteiger partial charge on any atom is -0.296 e. The van der Waals surface area contributed by atoms with Gasteiger partial charge >= 0.3 is 0 Å². The Morgan fingerprint density at radius 3 is 2.95 bits per heavy atom. The van der Waals surface area contributed by atoms with Gasteiger partial charge < -0.3 is 0 Å². The van der Waals surface area contributed by atoms with Gasteiger partial charge in [0.05, 0.1) is 17.1 Å². The molecule has 1 saturated heterocycles. The van der Waals surface area contributed by atoms with Crippen LogP contribution in [0.3, 0.4) is 0 Å². The average Bonchev–Trinajstić information content (AvgIpc) is 2.75. The summed E-state index contributed by atoms with van der Waals surface area (Å²) in [7, 11) is 1.82. The van der Waals surface area contributed by atoms with E-state index in [2.05, 4.69) is 16.3 Å². The zero-order valence-corrected chi connectivity index (χ0v) is 11.0. The van der Waals surface area contributed by atoms with Crippen LogP contribution in [0.15, 0.2) is 18.2 Å². The second-order valence-electron chi connectivity index (χ2n) is 4.89. The minimum atomic E-state index is -0.381. The molecule has 1 fully saturated rings. The number of carbonyl (C=O) groups is 2. The molecule has 3 rings (SSSR count). The quantitative estimate of drug-likeness (QED) is 0.621. The number of amides is 2. The van der Waals surface area contributed by atoms with Crippen LogP contribution >= 0.6 is 0 Å². The number of hydrogen-bond donors (Lipinski definition) is 1. The van der Waals surface area contributed by atoms with Crippen LogP contribution in [-0.4, -0.2) is 21.6 Å². The molecular weight excluding hydrogens is 254 g/mol. The van der Waals surface area contributed by atoms with Gasteiger partial charge in [-0.25, -0.2) is 0 Å². The predicted octanol–water partition coefficient (Wildman–Crippen LogP) is 1.07. The van der Waals surface area contributed by atoms with Gasteiger partial charge in [-0.2, -0.15) is 5.10 Å². The summed E-state index contributed by atoms with van der Waals surface area (Å²) >= 11 is 0. The van der Waals surface area contributed by atoms with Crippen LogP contribution in [0.5, 0.6) is 0 Å². The monoisotopic (exact) mass is 267 g/mol. The Morgan fingerprint density at radius 1 is 1.45 bits per heavy atom. The molecule has 0 bridgehead atoms. The van der Waals surface area contributed by atoms with Gasteiger partial charge in [0, 0.05) is 24.4 Å². The molecule has 0 spiro atoms. The summed E-state index contributed by atoms with van der Waals surface area (Å²) < 4.78 is 1.72. The number of rotatable bonds is 1. The summed E-state index contributed by atoms with van der Waals surface area (Å²) in [6.07, 6.45) is 6.23. The topological polar surface area (TPSA) is 64.0 Å². The van der Waals surface area contributed by atoms with E-state index in [-0.39, 0.29) is 17.7 Å². The smallest absolute Gasteiger partial charge is 0.235 e. The van der Waals surface area contributed by atoms with Crippen molar-refractivity contribution in [3.63, 3.8) is 0 Å². The van der Waals surface area contributed by atoms with Crippen molar-refractivity contribution in [3.05, 3.63) is 29.5 Å². The Hall–Kier alpha value is -2.61. The molecular formula is C15H13N3O2. The number of piperidine rings is 1. The number of imide groups is 1. The van der Waals surface area contributed by atoms with E-state index in [9.17, 15) is 9.59 Å². The molecule has 1 aromatic heterocycles. The lowest BCUT2D eigenvalue weighted by molar-refractivity contribution is -0.134. The van der Waals surface area contributed by atoms with Crippen molar-refractivity contribution in [1.82, 2.24) is 15.1 Å². The van der Waals surface area contributed by atoms with Crippen LogP contribution in [0.25, 0.3) is 10.9 Å². The van der Waals surface area contributed by atoms with Gasteiger partial charge in [0.1, 0.15) is 0 Å². The zero-order valence-electron chi connectivity index (χ0n) is 11.0. The number of nitrogens with one attached hydrogen (secondary N) is 1. The van der Waals surface area contributed by atoms with E-state index in [1.54, 1.807) is 4.68 Å². The van der Waals surface area contributed by atoms with Crippen LogP contribution in [0, 0.1) is 12.3 Å². The van der Waals surface area contributed by atoms with Crippen molar-refractivity contribution in [2.75, 3.05) is 0 Å². The highest BCUT2D eigenvalue weighted by molar-refractivity contribution is 6.02. The molecule has 5 heteroatoms. The second kappa shape index (κ2) is 4.49. The number of aromatic nitrogens is 2. The second-order valence-corrected chi connectivity index (χ2v) is 4.89. The van der Waals surface area contributed by atoms with Crippen LogP contribution in [0.4, 0.5) is 0 Å². The molecule has 1 aromatic carbocycles. The van der Waals surface area contributed by atoms with Gasteiger partial charge in [-0.1, -0.05) is 5.92 Å². The fourth-order valence-corrected chi connectivity index (χ4v) is 2.59. The van der Waals surface area contributed by atoms with Crippen LogP contribution < -0.4 is 5.32 Å². The highest BCUT2D eigenvalue weighted by atomic mass is 16.2. The molecule has 0 radical (unpaired) electrons. The van der Waals surface area contributed by atoms with E-state index in [1.807, 2.05) is 25.2 Å². The number of benzene rings is 1. The minimum absolute atomic E-state index is 0.221. The van der Waals surface area contributed by atoms with Gasteiger partial charge in [0.25, 0.3) is 0 Å². The molecule has 5 nitrogen and oxygen atoms in total.